The number of aliphatic hydroxyl groups excluding tert-OH is 3. The van der Waals surface area contributed by atoms with Crippen molar-refractivity contribution < 1.29 is 25.3 Å². The van der Waals surface area contributed by atoms with Gasteiger partial charge < -0.3 is 25.8 Å². The zero-order valence-corrected chi connectivity index (χ0v) is 11.0. The van der Waals surface area contributed by atoms with Gasteiger partial charge in [-0.3, -0.25) is 19.6 Å². The Morgan fingerprint density at radius 3 is 2.68 bits per heavy atom. The van der Waals surface area contributed by atoms with Gasteiger partial charge in [-0.2, -0.15) is 4.98 Å². The number of aliphatic hydroxyl groups is 3. The van der Waals surface area contributed by atoms with Crippen LogP contribution in [0.5, 0.6) is 0 Å². The molecular weight excluding hydrogens is 300 g/mol. The first-order valence-electron chi connectivity index (χ1n) is 6.28. The van der Waals surface area contributed by atoms with Crippen molar-refractivity contribution in [1.82, 2.24) is 19.5 Å². The summed E-state index contributed by atoms with van der Waals surface area (Å²) < 4.78 is 6.41. The van der Waals surface area contributed by atoms with E-state index in [1.165, 1.54) is 0 Å². The first-order valence-corrected chi connectivity index (χ1v) is 6.28. The molecule has 1 fully saturated rings. The quantitative estimate of drug-likeness (QED) is 0.289. The Morgan fingerprint density at radius 1 is 1.36 bits per heavy atom. The molecule has 0 unspecified atom stereocenters. The van der Waals surface area contributed by atoms with E-state index in [1.807, 2.05) is 0 Å². The summed E-state index contributed by atoms with van der Waals surface area (Å²) in [5.41, 5.74) is 6.37. The lowest BCUT2D eigenvalue weighted by Crippen LogP contribution is -2.33. The largest absolute Gasteiger partial charge is 0.394 e. The first kappa shape index (κ1) is 14.7. The molecule has 0 aliphatic carbocycles. The number of hydrogen-bond donors (Lipinski definition) is 7. The molecule has 0 amide bonds. The first-order chi connectivity index (χ1) is 10.5. The molecule has 0 radical (unpaired) electrons. The predicted molar refractivity (Wildman–Crippen MR) is 71.0 cm³/mol. The molecule has 1 saturated heterocycles. The Labute approximate surface area is 121 Å². The molecule has 0 bridgehead atoms. The van der Waals surface area contributed by atoms with Crippen molar-refractivity contribution in [1.29, 1.82) is 0 Å². The van der Waals surface area contributed by atoms with Crippen LogP contribution in [0.4, 0.5) is 11.9 Å². The van der Waals surface area contributed by atoms with Gasteiger partial charge in [0.1, 0.15) is 18.3 Å². The van der Waals surface area contributed by atoms with Gasteiger partial charge in [-0.25, -0.2) is 10.5 Å². The molecule has 4 atom stereocenters. The van der Waals surface area contributed by atoms with Gasteiger partial charge in [0.25, 0.3) is 5.56 Å². The zero-order chi connectivity index (χ0) is 16.0. The number of imidazole rings is 1. The number of nitrogens with one attached hydrogen (secondary N) is 2. The van der Waals surface area contributed by atoms with Gasteiger partial charge in [-0.1, -0.05) is 0 Å². The van der Waals surface area contributed by atoms with E-state index in [1.54, 1.807) is 5.48 Å². The number of ether oxygens (including phenoxy) is 1. The fourth-order valence-corrected chi connectivity index (χ4v) is 2.41. The number of aromatic nitrogens is 4. The zero-order valence-electron chi connectivity index (χ0n) is 11.0. The molecule has 0 spiro atoms. The highest BCUT2D eigenvalue weighted by Crippen LogP contribution is 2.33. The lowest BCUT2D eigenvalue weighted by molar-refractivity contribution is -0.0505. The Balaban J connectivity index is 2.20. The number of anilines is 2. The van der Waals surface area contributed by atoms with E-state index in [9.17, 15) is 15.0 Å². The number of aromatic amines is 1. The second kappa shape index (κ2) is 5.19. The van der Waals surface area contributed by atoms with E-state index in [2.05, 4.69) is 15.0 Å². The summed E-state index contributed by atoms with van der Waals surface area (Å²) in [6.45, 7) is -0.528. The Morgan fingerprint density at radius 2 is 2.09 bits per heavy atom. The van der Waals surface area contributed by atoms with Crippen LogP contribution in [0.15, 0.2) is 4.79 Å². The summed E-state index contributed by atoms with van der Waals surface area (Å²) in [5.74, 6) is -0.441. The number of fused-ring (bicyclic) bond motifs is 1. The third kappa shape index (κ3) is 2.01. The number of nitrogens with zero attached hydrogens (tertiary/aromatic N) is 3. The fraction of sp³-hybridized carbons (Fsp3) is 0.500. The molecule has 1 aliphatic heterocycles. The molecule has 1 aliphatic rings. The van der Waals surface area contributed by atoms with Crippen LogP contribution in [0, 0.1) is 0 Å². The van der Waals surface area contributed by atoms with E-state index in [4.69, 9.17) is 20.8 Å². The van der Waals surface area contributed by atoms with Crippen molar-refractivity contribution in [3.05, 3.63) is 10.4 Å². The molecule has 2 aromatic heterocycles. The maximum Gasteiger partial charge on any atom is 0.280 e. The van der Waals surface area contributed by atoms with Crippen LogP contribution in [0.25, 0.3) is 11.2 Å². The van der Waals surface area contributed by atoms with Crippen molar-refractivity contribution >= 4 is 23.1 Å². The van der Waals surface area contributed by atoms with Crippen molar-refractivity contribution in [3.63, 3.8) is 0 Å². The van der Waals surface area contributed by atoms with E-state index in [-0.39, 0.29) is 23.1 Å². The van der Waals surface area contributed by atoms with Crippen LogP contribution >= 0.6 is 0 Å². The minimum absolute atomic E-state index is 0.0624. The Hall–Kier alpha value is -2.25. The third-order valence-electron chi connectivity index (χ3n) is 3.44. The lowest BCUT2D eigenvalue weighted by Gasteiger charge is -2.18. The van der Waals surface area contributed by atoms with Gasteiger partial charge in [0.05, 0.1) is 6.61 Å². The molecule has 3 rings (SSSR count). The van der Waals surface area contributed by atoms with Gasteiger partial charge in [0, 0.05) is 0 Å². The molecule has 2 aromatic rings. The minimum Gasteiger partial charge on any atom is -0.394 e. The van der Waals surface area contributed by atoms with E-state index in [0.717, 1.165) is 4.57 Å². The maximum absolute atomic E-state index is 11.8. The summed E-state index contributed by atoms with van der Waals surface area (Å²) in [4.78, 5) is 21.8. The highest BCUT2D eigenvalue weighted by Gasteiger charge is 2.45. The van der Waals surface area contributed by atoms with Crippen LogP contribution in [-0.4, -0.2) is 65.0 Å². The topological polar surface area (TPSA) is 192 Å². The molecule has 8 N–H and O–H groups in total. The molecule has 120 valence electrons. The summed E-state index contributed by atoms with van der Waals surface area (Å²) in [5, 5.41) is 38.1. The van der Waals surface area contributed by atoms with E-state index in [0.29, 0.717) is 0 Å². The molecule has 3 heterocycles. The second-order valence-corrected chi connectivity index (χ2v) is 4.77. The number of hydrogen-bond acceptors (Lipinski definition) is 10. The van der Waals surface area contributed by atoms with Crippen molar-refractivity contribution in [2.45, 2.75) is 24.5 Å². The lowest BCUT2D eigenvalue weighted by atomic mass is 10.1. The van der Waals surface area contributed by atoms with Gasteiger partial charge in [-0.05, 0) is 0 Å². The van der Waals surface area contributed by atoms with Crippen LogP contribution in [0.1, 0.15) is 6.23 Å². The Kier molecular flexibility index (Phi) is 3.46. The summed E-state index contributed by atoms with van der Waals surface area (Å²) in [6.07, 6.45) is -5.08. The van der Waals surface area contributed by atoms with Crippen molar-refractivity contribution in [3.8, 4) is 0 Å². The standard InChI is InChI=1S/C10H14N6O6/c11-9-13-6-3(7(20)14-9)12-10(15-21)16(6)8-5(19)4(18)2(1-17)22-8/h2,4-5,8,17-19,21H,1H2,(H,12,15)(H3,11,13,14,20)/t2-,4+,5-,8+/m0/s1. The average molecular weight is 314 g/mol. The van der Waals surface area contributed by atoms with Crippen LogP contribution in [0.3, 0.4) is 0 Å². The van der Waals surface area contributed by atoms with Crippen molar-refractivity contribution in [2.24, 2.45) is 0 Å². The molecule has 22 heavy (non-hydrogen) atoms. The minimum atomic E-state index is -1.44. The normalized spacial score (nSPS) is 28.4. The van der Waals surface area contributed by atoms with Gasteiger partial charge in [0.15, 0.2) is 17.4 Å². The predicted octanol–water partition coefficient (Wildman–Crippen LogP) is -2.89. The maximum atomic E-state index is 11.8. The van der Waals surface area contributed by atoms with E-state index >= 15 is 0 Å². The van der Waals surface area contributed by atoms with Crippen LogP contribution < -0.4 is 16.8 Å². The number of nitrogens with two attached hydrogens (primary N) is 1. The fourth-order valence-electron chi connectivity index (χ4n) is 2.41. The van der Waals surface area contributed by atoms with Crippen molar-refractivity contribution in [2.75, 3.05) is 17.8 Å². The summed E-state index contributed by atoms with van der Waals surface area (Å²) >= 11 is 0. The average Bonchev–Trinajstić information content (AvgIpc) is 2.98. The SMILES string of the molecule is Nc1nc2c(nc(NO)n2[C@@H]2O[C@@H](CO)[C@@H](O)[C@@H]2O)c(=O)[nH]1. The molecule has 0 saturated carbocycles. The summed E-state index contributed by atoms with van der Waals surface area (Å²) in [6, 6.07) is 0. The highest BCUT2D eigenvalue weighted by molar-refractivity contribution is 5.74. The van der Waals surface area contributed by atoms with Gasteiger partial charge in [0.2, 0.25) is 11.9 Å². The van der Waals surface area contributed by atoms with Crippen LogP contribution in [0.2, 0.25) is 0 Å². The van der Waals surface area contributed by atoms with Crippen LogP contribution in [-0.2, 0) is 4.74 Å². The number of nitrogen functional groups attached to an aromatic ring is 1. The second-order valence-electron chi connectivity index (χ2n) is 4.77. The number of rotatable bonds is 3. The summed E-state index contributed by atoms with van der Waals surface area (Å²) in [7, 11) is 0. The molecule has 12 nitrogen and oxygen atoms in total. The monoisotopic (exact) mass is 314 g/mol. The highest BCUT2D eigenvalue weighted by atomic mass is 16.6. The van der Waals surface area contributed by atoms with E-state index < -0.39 is 36.7 Å². The Bertz CT molecular complexity index is 758. The molecule has 12 heteroatoms. The van der Waals surface area contributed by atoms with Gasteiger partial charge >= 0.3 is 0 Å². The third-order valence-corrected chi connectivity index (χ3v) is 3.44. The molecular formula is C10H14N6O6. The molecule has 0 aromatic carbocycles. The van der Waals surface area contributed by atoms with Gasteiger partial charge in [-0.15, -0.1) is 0 Å². The number of H-pyrrole nitrogens is 1. The smallest absolute Gasteiger partial charge is 0.280 e.